The normalized spacial score (nSPS) is 13.4. The summed E-state index contributed by atoms with van der Waals surface area (Å²) >= 11 is 0. The maximum Gasteiger partial charge on any atom is 0.414 e. The summed E-state index contributed by atoms with van der Waals surface area (Å²) in [5, 5.41) is 0. The van der Waals surface area contributed by atoms with Gasteiger partial charge in [-0.2, -0.15) is 0 Å². The van der Waals surface area contributed by atoms with Crippen molar-refractivity contribution in [2.45, 2.75) is 25.7 Å². The van der Waals surface area contributed by atoms with Gasteiger partial charge in [-0.15, -0.1) is 0 Å². The highest BCUT2D eigenvalue weighted by Crippen LogP contribution is 2.26. The number of rotatable bonds is 2. The molecule has 0 saturated heterocycles. The quantitative estimate of drug-likeness (QED) is 0.849. The molecule has 4 nitrogen and oxygen atoms in total. The maximum atomic E-state index is 11.6. The predicted molar refractivity (Wildman–Crippen MR) is 86.0 cm³/mol. The molecule has 1 amide bonds. The molecule has 1 heterocycles. The van der Waals surface area contributed by atoms with Crippen LogP contribution in [-0.4, -0.2) is 30.1 Å². The Balaban J connectivity index is 1.87. The first kappa shape index (κ1) is 14.6. The van der Waals surface area contributed by atoms with Crippen molar-refractivity contribution < 1.29 is 9.53 Å². The second-order valence-corrected chi connectivity index (χ2v) is 5.80. The van der Waals surface area contributed by atoms with E-state index in [0.29, 0.717) is 5.75 Å². The Kier molecular flexibility index (Phi) is 4.09. The molecule has 0 bridgehead atoms. The molecule has 4 heteroatoms. The molecule has 114 valence electrons. The molecular weight excluding hydrogens is 276 g/mol. The van der Waals surface area contributed by atoms with Crippen LogP contribution in [0.15, 0.2) is 36.4 Å². The Morgan fingerprint density at radius 1 is 1.14 bits per heavy atom. The summed E-state index contributed by atoms with van der Waals surface area (Å²) in [7, 11) is 3.33. The van der Waals surface area contributed by atoms with Gasteiger partial charge in [-0.25, -0.2) is 4.79 Å². The van der Waals surface area contributed by atoms with Crippen LogP contribution in [0.3, 0.4) is 0 Å². The van der Waals surface area contributed by atoms with E-state index in [9.17, 15) is 4.79 Å². The second-order valence-electron chi connectivity index (χ2n) is 5.80. The fraction of sp³-hybridized carbons (Fsp3) is 0.333. The monoisotopic (exact) mass is 296 g/mol. The third kappa shape index (κ3) is 3.11. The van der Waals surface area contributed by atoms with Gasteiger partial charge in [-0.05, 0) is 49.4 Å². The molecule has 2 aromatic rings. The molecule has 0 unspecified atom stereocenters. The van der Waals surface area contributed by atoms with E-state index in [4.69, 9.17) is 9.72 Å². The molecule has 1 aromatic carbocycles. The predicted octanol–water partition coefficient (Wildman–Crippen LogP) is 3.69. The van der Waals surface area contributed by atoms with Gasteiger partial charge in [0.15, 0.2) is 0 Å². The maximum absolute atomic E-state index is 11.6. The molecule has 0 saturated carbocycles. The number of carbonyl (C=O) groups is 1. The van der Waals surface area contributed by atoms with E-state index in [1.165, 1.54) is 29.0 Å². The molecule has 1 aromatic heterocycles. The Morgan fingerprint density at radius 3 is 2.77 bits per heavy atom. The average Bonchev–Trinajstić information content (AvgIpc) is 2.54. The van der Waals surface area contributed by atoms with Gasteiger partial charge >= 0.3 is 6.09 Å². The molecule has 0 radical (unpaired) electrons. The average molecular weight is 296 g/mol. The Hall–Kier alpha value is -2.36. The van der Waals surface area contributed by atoms with Crippen molar-refractivity contribution in [3.63, 3.8) is 0 Å². The molecule has 1 aliphatic rings. The molecule has 22 heavy (non-hydrogen) atoms. The Morgan fingerprint density at radius 2 is 1.95 bits per heavy atom. The lowest BCUT2D eigenvalue weighted by Crippen LogP contribution is -2.25. The molecule has 3 rings (SSSR count). The minimum Gasteiger partial charge on any atom is -0.410 e. The van der Waals surface area contributed by atoms with Crippen LogP contribution in [0.4, 0.5) is 4.79 Å². The molecule has 1 aliphatic carbocycles. The van der Waals surface area contributed by atoms with Crippen molar-refractivity contribution >= 4 is 6.09 Å². The van der Waals surface area contributed by atoms with Gasteiger partial charge < -0.3 is 9.64 Å². The molecule has 0 fully saturated rings. The van der Waals surface area contributed by atoms with Crippen LogP contribution >= 0.6 is 0 Å². The van der Waals surface area contributed by atoms with E-state index >= 15 is 0 Å². The Bertz CT molecular complexity index is 695. The van der Waals surface area contributed by atoms with E-state index in [0.717, 1.165) is 24.1 Å². The summed E-state index contributed by atoms with van der Waals surface area (Å²) in [6, 6.07) is 11.7. The zero-order valence-electron chi connectivity index (χ0n) is 13.0. The van der Waals surface area contributed by atoms with Crippen LogP contribution in [0, 0.1) is 0 Å². The largest absolute Gasteiger partial charge is 0.414 e. The van der Waals surface area contributed by atoms with Gasteiger partial charge in [0, 0.05) is 25.4 Å². The van der Waals surface area contributed by atoms with E-state index < -0.39 is 0 Å². The first-order valence-corrected chi connectivity index (χ1v) is 7.62. The van der Waals surface area contributed by atoms with Gasteiger partial charge in [0.2, 0.25) is 0 Å². The lowest BCUT2D eigenvalue weighted by Gasteiger charge is -2.16. The minimum absolute atomic E-state index is 0.379. The molecular formula is C18H20N2O2. The SMILES string of the molecule is CN(C)C(=O)Oc1cccc(-c2ccc3c(n2)CCCC3)c1. The Labute approximate surface area is 130 Å². The minimum atomic E-state index is -0.379. The number of amides is 1. The van der Waals surface area contributed by atoms with Crippen molar-refractivity contribution in [1.82, 2.24) is 9.88 Å². The summed E-state index contributed by atoms with van der Waals surface area (Å²) in [4.78, 5) is 17.8. The highest BCUT2D eigenvalue weighted by atomic mass is 16.6. The zero-order chi connectivity index (χ0) is 15.5. The lowest BCUT2D eigenvalue weighted by atomic mass is 9.95. The van der Waals surface area contributed by atoms with Gasteiger partial charge in [0.25, 0.3) is 0 Å². The number of fused-ring (bicyclic) bond motifs is 1. The van der Waals surface area contributed by atoms with E-state index in [1.807, 2.05) is 18.2 Å². The number of nitrogens with zero attached hydrogens (tertiary/aromatic N) is 2. The van der Waals surface area contributed by atoms with Gasteiger partial charge in [-0.1, -0.05) is 18.2 Å². The van der Waals surface area contributed by atoms with Crippen molar-refractivity contribution in [1.29, 1.82) is 0 Å². The smallest absolute Gasteiger partial charge is 0.410 e. The third-order valence-corrected chi connectivity index (χ3v) is 3.88. The summed E-state index contributed by atoms with van der Waals surface area (Å²) in [6.45, 7) is 0. The lowest BCUT2D eigenvalue weighted by molar-refractivity contribution is 0.172. The fourth-order valence-electron chi connectivity index (χ4n) is 2.65. The van der Waals surface area contributed by atoms with Crippen LogP contribution in [0.25, 0.3) is 11.3 Å². The summed E-state index contributed by atoms with van der Waals surface area (Å²) in [6.07, 6.45) is 4.27. The van der Waals surface area contributed by atoms with Crippen LogP contribution in [-0.2, 0) is 12.8 Å². The molecule has 0 aliphatic heterocycles. The number of ether oxygens (including phenoxy) is 1. The van der Waals surface area contributed by atoms with E-state index in [1.54, 1.807) is 20.2 Å². The first-order valence-electron chi connectivity index (χ1n) is 7.62. The number of benzene rings is 1. The topological polar surface area (TPSA) is 42.4 Å². The van der Waals surface area contributed by atoms with Crippen molar-refractivity contribution in [2.75, 3.05) is 14.1 Å². The first-order chi connectivity index (χ1) is 10.6. The van der Waals surface area contributed by atoms with Gasteiger partial charge in [0.05, 0.1) is 5.69 Å². The van der Waals surface area contributed by atoms with Gasteiger partial charge in [0.1, 0.15) is 5.75 Å². The van der Waals surface area contributed by atoms with E-state index in [-0.39, 0.29) is 6.09 Å². The number of aryl methyl sites for hydroxylation is 2. The van der Waals surface area contributed by atoms with Crippen molar-refractivity contribution in [2.24, 2.45) is 0 Å². The van der Waals surface area contributed by atoms with Crippen molar-refractivity contribution in [3.8, 4) is 17.0 Å². The number of aromatic nitrogens is 1. The highest BCUT2D eigenvalue weighted by molar-refractivity contribution is 5.71. The fourth-order valence-corrected chi connectivity index (χ4v) is 2.65. The van der Waals surface area contributed by atoms with Crippen LogP contribution in [0.5, 0.6) is 5.75 Å². The molecule has 0 atom stereocenters. The molecule has 0 spiro atoms. The number of pyridine rings is 1. The van der Waals surface area contributed by atoms with Crippen molar-refractivity contribution in [3.05, 3.63) is 47.7 Å². The second kappa shape index (κ2) is 6.18. The zero-order valence-corrected chi connectivity index (χ0v) is 13.0. The summed E-state index contributed by atoms with van der Waals surface area (Å²) in [5.41, 5.74) is 4.48. The van der Waals surface area contributed by atoms with Gasteiger partial charge in [-0.3, -0.25) is 4.98 Å². The highest BCUT2D eigenvalue weighted by Gasteiger charge is 2.13. The third-order valence-electron chi connectivity index (χ3n) is 3.88. The van der Waals surface area contributed by atoms with Crippen LogP contribution in [0.1, 0.15) is 24.1 Å². The molecule has 0 N–H and O–H groups in total. The summed E-state index contributed by atoms with van der Waals surface area (Å²) in [5.74, 6) is 0.538. The van der Waals surface area contributed by atoms with Crippen LogP contribution < -0.4 is 4.74 Å². The number of hydrogen-bond acceptors (Lipinski definition) is 3. The standard InChI is InChI=1S/C18H20N2O2/c1-20(2)18(21)22-15-8-5-7-14(12-15)17-11-10-13-6-3-4-9-16(13)19-17/h5,7-8,10-12H,3-4,6,9H2,1-2H3. The number of carbonyl (C=O) groups excluding carboxylic acids is 1. The van der Waals surface area contributed by atoms with E-state index in [2.05, 4.69) is 12.1 Å². The number of hydrogen-bond donors (Lipinski definition) is 0. The van der Waals surface area contributed by atoms with Crippen LogP contribution in [0.2, 0.25) is 0 Å². The summed E-state index contributed by atoms with van der Waals surface area (Å²) < 4.78 is 5.31.